The average molecular weight is 512 g/mol. The number of para-hydroxylation sites is 1. The van der Waals surface area contributed by atoms with Crippen molar-refractivity contribution in [3.8, 4) is 0 Å². The van der Waals surface area contributed by atoms with E-state index in [-0.39, 0.29) is 33.6 Å². The summed E-state index contributed by atoms with van der Waals surface area (Å²) in [6, 6.07) is 14.7. The highest BCUT2D eigenvalue weighted by atomic mass is 79.9. The van der Waals surface area contributed by atoms with Crippen molar-refractivity contribution in [1.82, 2.24) is 0 Å². The quantitative estimate of drug-likeness (QED) is 0.452. The van der Waals surface area contributed by atoms with Crippen molar-refractivity contribution in [2.75, 3.05) is 15.7 Å². The van der Waals surface area contributed by atoms with Gasteiger partial charge < -0.3 is 0 Å². The summed E-state index contributed by atoms with van der Waals surface area (Å²) in [5.41, 5.74) is 0.271. The standard InChI is InChI=1S/C19H12BrClN2O4S2/c20-18-9-8-16(28-18)15(24)11-22-14-6-1-2-7-17(14)29(26,27)23(19(22)25)13-5-3-4-12(21)10-13/h1-10H,11H2. The van der Waals surface area contributed by atoms with E-state index in [1.165, 1.54) is 40.5 Å². The summed E-state index contributed by atoms with van der Waals surface area (Å²) in [7, 11) is -4.16. The smallest absolute Gasteiger partial charge is 0.291 e. The van der Waals surface area contributed by atoms with Gasteiger partial charge in [-0.3, -0.25) is 9.69 Å². The van der Waals surface area contributed by atoms with E-state index < -0.39 is 16.1 Å². The molecule has 6 nitrogen and oxygen atoms in total. The van der Waals surface area contributed by atoms with Crippen LogP contribution in [0.2, 0.25) is 5.02 Å². The highest BCUT2D eigenvalue weighted by Gasteiger charge is 2.43. The van der Waals surface area contributed by atoms with Gasteiger partial charge in [0.05, 0.1) is 26.6 Å². The van der Waals surface area contributed by atoms with Gasteiger partial charge in [-0.1, -0.05) is 29.8 Å². The van der Waals surface area contributed by atoms with Crippen LogP contribution >= 0.6 is 38.9 Å². The number of benzene rings is 2. The lowest BCUT2D eigenvalue weighted by Crippen LogP contribution is -2.52. The number of carbonyl (C=O) groups is 2. The van der Waals surface area contributed by atoms with E-state index in [0.29, 0.717) is 9.18 Å². The number of sulfonamides is 1. The average Bonchev–Trinajstić information content (AvgIpc) is 3.11. The number of thiophene rings is 1. The summed E-state index contributed by atoms with van der Waals surface area (Å²) in [5, 5.41) is 0.287. The Morgan fingerprint density at radius 2 is 1.83 bits per heavy atom. The molecule has 2 aromatic carbocycles. The molecule has 0 aliphatic carbocycles. The fraction of sp³-hybridized carbons (Fsp3) is 0.0526. The second-order valence-electron chi connectivity index (χ2n) is 6.11. The molecular formula is C19H12BrClN2O4S2. The van der Waals surface area contributed by atoms with Crippen molar-refractivity contribution in [2.24, 2.45) is 0 Å². The van der Waals surface area contributed by atoms with E-state index in [0.717, 1.165) is 3.79 Å². The lowest BCUT2D eigenvalue weighted by Gasteiger charge is -2.35. The van der Waals surface area contributed by atoms with Crippen LogP contribution in [0.15, 0.2) is 69.3 Å². The predicted molar refractivity (Wildman–Crippen MR) is 117 cm³/mol. The summed E-state index contributed by atoms with van der Waals surface area (Å²) >= 11 is 10.6. The molecule has 0 saturated heterocycles. The maximum absolute atomic E-state index is 13.3. The van der Waals surface area contributed by atoms with Gasteiger partial charge in [-0.05, 0) is 58.4 Å². The van der Waals surface area contributed by atoms with E-state index in [9.17, 15) is 18.0 Å². The van der Waals surface area contributed by atoms with Gasteiger partial charge in [0.2, 0.25) is 0 Å². The molecule has 1 aromatic heterocycles. The van der Waals surface area contributed by atoms with Crippen LogP contribution < -0.4 is 9.21 Å². The van der Waals surface area contributed by atoms with Crippen molar-refractivity contribution in [3.63, 3.8) is 0 Å². The third-order valence-corrected chi connectivity index (χ3v) is 7.92. The van der Waals surface area contributed by atoms with E-state index in [1.807, 2.05) is 0 Å². The number of rotatable bonds is 4. The number of fused-ring (bicyclic) bond motifs is 1. The summed E-state index contributed by atoms with van der Waals surface area (Å²) in [5.74, 6) is -0.297. The Balaban J connectivity index is 1.82. The van der Waals surface area contributed by atoms with Crippen LogP contribution in [-0.2, 0) is 10.0 Å². The Morgan fingerprint density at radius 1 is 1.07 bits per heavy atom. The van der Waals surface area contributed by atoms with Crippen molar-refractivity contribution in [2.45, 2.75) is 4.90 Å². The molecule has 4 rings (SSSR count). The number of hydrogen-bond acceptors (Lipinski definition) is 5. The third-order valence-electron chi connectivity index (χ3n) is 4.27. The molecule has 2 amide bonds. The van der Waals surface area contributed by atoms with Gasteiger partial charge in [-0.2, -0.15) is 4.31 Å². The second kappa shape index (κ2) is 7.56. The summed E-state index contributed by atoms with van der Waals surface area (Å²) in [6.07, 6.45) is 0. The minimum Gasteiger partial charge on any atom is -0.291 e. The monoisotopic (exact) mass is 510 g/mol. The van der Waals surface area contributed by atoms with Crippen molar-refractivity contribution in [1.29, 1.82) is 0 Å². The number of hydrogen-bond donors (Lipinski definition) is 0. The Hall–Kier alpha value is -2.20. The topological polar surface area (TPSA) is 74.8 Å². The molecule has 0 atom stereocenters. The van der Waals surface area contributed by atoms with Gasteiger partial charge in [0.1, 0.15) is 4.90 Å². The fourth-order valence-corrected chi connectivity index (χ4v) is 6.09. The maximum atomic E-state index is 13.3. The predicted octanol–water partition coefficient (Wildman–Crippen LogP) is 5.18. The molecule has 1 aliphatic heterocycles. The molecule has 0 N–H and O–H groups in total. The van der Waals surface area contributed by atoms with Crippen LogP contribution in [0.25, 0.3) is 0 Å². The zero-order chi connectivity index (χ0) is 20.8. The fourth-order valence-electron chi connectivity index (χ4n) is 3.00. The van der Waals surface area contributed by atoms with Gasteiger partial charge in [-0.15, -0.1) is 11.3 Å². The van der Waals surface area contributed by atoms with Gasteiger partial charge in [0.15, 0.2) is 5.78 Å². The molecule has 0 spiro atoms. The van der Waals surface area contributed by atoms with E-state index in [1.54, 1.807) is 36.4 Å². The number of halogens is 2. The van der Waals surface area contributed by atoms with Gasteiger partial charge in [0, 0.05) is 5.02 Å². The number of anilines is 2. The first-order valence-electron chi connectivity index (χ1n) is 8.29. The summed E-state index contributed by atoms with van der Waals surface area (Å²) in [6.45, 7) is -0.296. The van der Waals surface area contributed by atoms with Crippen LogP contribution in [0.1, 0.15) is 9.67 Å². The Labute approximate surface area is 184 Å². The summed E-state index contributed by atoms with van der Waals surface area (Å²) < 4.78 is 27.8. The van der Waals surface area contributed by atoms with Crippen LogP contribution in [-0.4, -0.2) is 26.8 Å². The van der Waals surface area contributed by atoms with Crippen molar-refractivity contribution in [3.05, 3.63) is 74.3 Å². The van der Waals surface area contributed by atoms with Gasteiger partial charge in [0.25, 0.3) is 10.0 Å². The number of nitrogens with zero attached hydrogens (tertiary/aromatic N) is 2. The first-order chi connectivity index (χ1) is 13.8. The Morgan fingerprint density at radius 3 is 2.52 bits per heavy atom. The van der Waals surface area contributed by atoms with E-state index in [2.05, 4.69) is 15.9 Å². The van der Waals surface area contributed by atoms with Crippen molar-refractivity contribution < 1.29 is 18.0 Å². The molecule has 148 valence electrons. The number of carbonyl (C=O) groups excluding carboxylic acids is 2. The second-order valence-corrected chi connectivity index (χ2v) is 10.8. The molecule has 0 radical (unpaired) electrons. The van der Waals surface area contributed by atoms with Gasteiger partial charge >= 0.3 is 6.03 Å². The Bertz CT molecular complexity index is 1240. The van der Waals surface area contributed by atoms with Crippen LogP contribution in [0.5, 0.6) is 0 Å². The normalized spacial score (nSPS) is 15.3. The zero-order valence-electron chi connectivity index (χ0n) is 14.6. The summed E-state index contributed by atoms with van der Waals surface area (Å²) in [4.78, 5) is 27.6. The molecule has 0 bridgehead atoms. The largest absolute Gasteiger partial charge is 0.343 e. The number of ketones is 1. The minimum absolute atomic E-state index is 0.0558. The maximum Gasteiger partial charge on any atom is 0.343 e. The van der Waals surface area contributed by atoms with Crippen LogP contribution in [0.3, 0.4) is 0 Å². The zero-order valence-corrected chi connectivity index (χ0v) is 18.6. The highest BCUT2D eigenvalue weighted by molar-refractivity contribution is 9.11. The van der Waals surface area contributed by atoms with E-state index in [4.69, 9.17) is 11.6 Å². The third kappa shape index (κ3) is 3.59. The number of amides is 2. The van der Waals surface area contributed by atoms with Crippen LogP contribution in [0, 0.1) is 0 Å². The van der Waals surface area contributed by atoms with E-state index >= 15 is 0 Å². The lowest BCUT2D eigenvalue weighted by molar-refractivity contribution is 0.100. The van der Waals surface area contributed by atoms with Crippen molar-refractivity contribution >= 4 is 72.1 Å². The van der Waals surface area contributed by atoms with Gasteiger partial charge in [-0.25, -0.2) is 13.2 Å². The molecule has 3 aromatic rings. The first-order valence-corrected chi connectivity index (χ1v) is 11.7. The molecule has 29 heavy (non-hydrogen) atoms. The van der Waals surface area contributed by atoms with Crippen LogP contribution in [0.4, 0.5) is 16.2 Å². The molecule has 2 heterocycles. The number of Topliss-reactive ketones (excluding diaryl/α,β-unsaturated/α-hetero) is 1. The lowest BCUT2D eigenvalue weighted by atomic mass is 10.2. The molecular weight excluding hydrogens is 500 g/mol. The minimum atomic E-state index is -4.16. The molecule has 1 aliphatic rings. The SMILES string of the molecule is O=C(CN1C(=O)N(c2cccc(Cl)c2)S(=O)(=O)c2ccccc21)c1ccc(Br)s1. The molecule has 10 heteroatoms. The molecule has 0 fully saturated rings. The highest BCUT2D eigenvalue weighted by Crippen LogP contribution is 2.38. The Kier molecular flexibility index (Phi) is 5.24. The molecule has 0 saturated carbocycles. The first kappa shape index (κ1) is 20.1. The number of urea groups is 1. The molecule has 0 unspecified atom stereocenters.